The van der Waals surface area contributed by atoms with Crippen LogP contribution in [0.1, 0.15) is 41.0 Å². The molecule has 1 aromatic rings. The van der Waals surface area contributed by atoms with Crippen LogP contribution < -0.4 is 5.66 Å². The van der Waals surface area contributed by atoms with E-state index in [2.05, 4.69) is 0 Å². The molecule has 0 aromatic carbocycles. The van der Waals surface area contributed by atoms with Gasteiger partial charge < -0.3 is 13.7 Å². The van der Waals surface area contributed by atoms with Crippen molar-refractivity contribution in [2.75, 3.05) is 0 Å². The molecule has 1 aliphatic rings. The zero-order valence-corrected chi connectivity index (χ0v) is 9.79. The van der Waals surface area contributed by atoms with Gasteiger partial charge in [-0.1, -0.05) is 0 Å². The van der Waals surface area contributed by atoms with Gasteiger partial charge in [0, 0.05) is 0 Å². The van der Waals surface area contributed by atoms with Gasteiger partial charge >= 0.3 is 7.12 Å². The standard InChI is InChI=1S/C11H15BO4/c1-10(2)11(3,4)16-12(15-10)9-6-5-8(7-13)14-9/h5-7H,1-4H3/i5D,6D. The van der Waals surface area contributed by atoms with E-state index in [0.29, 0.717) is 6.29 Å². The molecule has 0 unspecified atom stereocenters. The number of carbonyl (C=O) groups excluding carboxylic acids is 1. The second kappa shape index (κ2) is 3.47. The highest BCUT2D eigenvalue weighted by atomic mass is 16.7. The van der Waals surface area contributed by atoms with E-state index in [0.717, 1.165) is 0 Å². The van der Waals surface area contributed by atoms with Gasteiger partial charge in [0.25, 0.3) is 0 Å². The average Bonchev–Trinajstić information content (AvgIpc) is 2.64. The summed E-state index contributed by atoms with van der Waals surface area (Å²) in [5, 5.41) is 0. The first-order valence-corrected chi connectivity index (χ1v) is 5.10. The lowest BCUT2D eigenvalue weighted by Gasteiger charge is -2.32. The number of carbonyl (C=O) groups is 1. The van der Waals surface area contributed by atoms with Crippen molar-refractivity contribution in [3.05, 3.63) is 17.8 Å². The Morgan fingerprint density at radius 1 is 1.25 bits per heavy atom. The summed E-state index contributed by atoms with van der Waals surface area (Å²) in [6.45, 7) is 7.51. The minimum atomic E-state index is -0.861. The van der Waals surface area contributed by atoms with Crippen molar-refractivity contribution in [3.63, 3.8) is 0 Å². The van der Waals surface area contributed by atoms with Crippen LogP contribution in [0.3, 0.4) is 0 Å². The number of aldehydes is 1. The van der Waals surface area contributed by atoms with Crippen molar-refractivity contribution in [1.29, 1.82) is 0 Å². The Balaban J connectivity index is 2.38. The summed E-state index contributed by atoms with van der Waals surface area (Å²) < 4.78 is 31.9. The summed E-state index contributed by atoms with van der Waals surface area (Å²) in [7, 11) is -0.861. The molecule has 0 spiro atoms. The quantitative estimate of drug-likeness (QED) is 0.562. The topological polar surface area (TPSA) is 48.7 Å². The summed E-state index contributed by atoms with van der Waals surface area (Å²) in [6.07, 6.45) is 0.412. The Kier molecular flexibility index (Phi) is 1.95. The molecule has 0 radical (unpaired) electrons. The summed E-state index contributed by atoms with van der Waals surface area (Å²) in [4.78, 5) is 10.7. The van der Waals surface area contributed by atoms with Gasteiger partial charge in [0.05, 0.1) is 13.9 Å². The third kappa shape index (κ3) is 1.70. The van der Waals surface area contributed by atoms with Crippen LogP contribution in [0, 0.1) is 0 Å². The molecule has 0 aliphatic carbocycles. The fraction of sp³-hybridized carbons (Fsp3) is 0.545. The molecule has 0 bridgehead atoms. The minimum Gasteiger partial charge on any atom is -0.462 e. The largest absolute Gasteiger partial charge is 0.532 e. The molecule has 1 aliphatic heterocycles. The van der Waals surface area contributed by atoms with E-state index in [9.17, 15) is 4.79 Å². The Morgan fingerprint density at radius 2 is 1.81 bits per heavy atom. The van der Waals surface area contributed by atoms with Crippen LogP contribution in [0.2, 0.25) is 0 Å². The highest BCUT2D eigenvalue weighted by Gasteiger charge is 2.53. The van der Waals surface area contributed by atoms with Crippen molar-refractivity contribution >= 4 is 19.1 Å². The van der Waals surface area contributed by atoms with E-state index in [4.69, 9.17) is 16.5 Å². The number of furan rings is 1. The maximum absolute atomic E-state index is 10.7. The molecular formula is C11H15BO4. The van der Waals surface area contributed by atoms with Crippen molar-refractivity contribution in [1.82, 2.24) is 0 Å². The number of hydrogen-bond donors (Lipinski definition) is 0. The summed E-state index contributed by atoms with van der Waals surface area (Å²) in [5.74, 6) is -0.176. The van der Waals surface area contributed by atoms with E-state index in [-0.39, 0.29) is 23.5 Å². The first-order chi connectivity index (χ1) is 8.19. The van der Waals surface area contributed by atoms with Crippen molar-refractivity contribution in [2.45, 2.75) is 38.9 Å². The monoisotopic (exact) mass is 224 g/mol. The summed E-state index contributed by atoms with van der Waals surface area (Å²) in [6, 6.07) is -0.412. The van der Waals surface area contributed by atoms with Crippen molar-refractivity contribution in [2.24, 2.45) is 0 Å². The van der Waals surface area contributed by atoms with Gasteiger partial charge in [0.1, 0.15) is 5.66 Å². The average molecular weight is 224 g/mol. The molecule has 0 atom stereocenters. The molecule has 0 N–H and O–H groups in total. The van der Waals surface area contributed by atoms with Crippen molar-refractivity contribution < 1.29 is 21.3 Å². The van der Waals surface area contributed by atoms with Crippen LogP contribution in [0.5, 0.6) is 0 Å². The maximum Gasteiger partial charge on any atom is 0.532 e. The fourth-order valence-electron chi connectivity index (χ4n) is 1.40. The Hall–Kier alpha value is -1.07. The highest BCUT2D eigenvalue weighted by molar-refractivity contribution is 6.60. The maximum atomic E-state index is 10.7. The first kappa shape index (κ1) is 9.02. The number of rotatable bonds is 2. The van der Waals surface area contributed by atoms with Gasteiger partial charge in [-0.05, 0) is 39.8 Å². The van der Waals surface area contributed by atoms with Crippen LogP contribution in [-0.4, -0.2) is 24.6 Å². The Labute approximate surface area is 97.9 Å². The van der Waals surface area contributed by atoms with Crippen LogP contribution in [-0.2, 0) is 9.31 Å². The van der Waals surface area contributed by atoms with Gasteiger partial charge in [0.2, 0.25) is 0 Å². The second-order valence-corrected chi connectivity index (χ2v) is 4.79. The molecule has 0 amide bonds. The van der Waals surface area contributed by atoms with Crippen molar-refractivity contribution in [3.8, 4) is 0 Å². The number of hydrogen-bond acceptors (Lipinski definition) is 4. The molecule has 0 saturated carbocycles. The molecule has 4 nitrogen and oxygen atoms in total. The molecule has 86 valence electrons. The SMILES string of the molecule is [2H]c1c(C=O)oc(B2OC(C)(C)C(C)(C)O2)c1[2H]. The zero-order valence-electron chi connectivity index (χ0n) is 11.8. The van der Waals surface area contributed by atoms with E-state index >= 15 is 0 Å². The third-order valence-corrected chi connectivity index (χ3v) is 3.10. The summed E-state index contributed by atoms with van der Waals surface area (Å²) in [5.41, 5.74) is -1.04. The van der Waals surface area contributed by atoms with Crippen LogP contribution in [0.15, 0.2) is 16.5 Å². The molecule has 2 rings (SSSR count). The first-order valence-electron chi connectivity index (χ1n) is 6.10. The van der Waals surface area contributed by atoms with Gasteiger partial charge in [-0.25, -0.2) is 0 Å². The Bertz CT molecular complexity index is 479. The molecular weight excluding hydrogens is 207 g/mol. The smallest absolute Gasteiger partial charge is 0.462 e. The predicted molar refractivity (Wildman–Crippen MR) is 59.8 cm³/mol. The van der Waals surface area contributed by atoms with Gasteiger partial charge in [-0.2, -0.15) is 0 Å². The fourth-order valence-corrected chi connectivity index (χ4v) is 1.40. The Morgan fingerprint density at radius 3 is 2.25 bits per heavy atom. The van der Waals surface area contributed by atoms with E-state index < -0.39 is 18.3 Å². The van der Waals surface area contributed by atoms with Crippen LogP contribution in [0.25, 0.3) is 0 Å². The lowest BCUT2D eigenvalue weighted by Crippen LogP contribution is -2.41. The normalized spacial score (nSPS) is 24.1. The lowest BCUT2D eigenvalue weighted by molar-refractivity contribution is 0.00578. The highest BCUT2D eigenvalue weighted by Crippen LogP contribution is 2.36. The molecule has 1 saturated heterocycles. The minimum absolute atomic E-state index is 0.0701. The van der Waals surface area contributed by atoms with Gasteiger partial charge in [-0.3, -0.25) is 4.79 Å². The van der Waals surface area contributed by atoms with Crippen LogP contribution >= 0.6 is 0 Å². The van der Waals surface area contributed by atoms with Gasteiger partial charge in [0.15, 0.2) is 12.0 Å². The molecule has 2 heterocycles. The van der Waals surface area contributed by atoms with E-state index in [1.807, 2.05) is 27.7 Å². The predicted octanol–water partition coefficient (Wildman–Crippen LogP) is 1.39. The van der Waals surface area contributed by atoms with Gasteiger partial charge in [-0.15, -0.1) is 0 Å². The molecule has 1 aromatic heterocycles. The molecule has 5 heteroatoms. The molecule has 16 heavy (non-hydrogen) atoms. The summed E-state index contributed by atoms with van der Waals surface area (Å²) >= 11 is 0. The van der Waals surface area contributed by atoms with E-state index in [1.54, 1.807) is 0 Å². The zero-order chi connectivity index (χ0) is 13.7. The van der Waals surface area contributed by atoms with E-state index in [1.165, 1.54) is 0 Å². The second-order valence-electron chi connectivity index (χ2n) is 4.79. The lowest BCUT2D eigenvalue weighted by atomic mass is 9.86. The van der Waals surface area contributed by atoms with Crippen LogP contribution in [0.4, 0.5) is 0 Å². The third-order valence-electron chi connectivity index (χ3n) is 3.10. The molecule has 1 fully saturated rings.